The fraction of sp³-hybridized carbons (Fsp3) is 0. The molecule has 0 unspecified atom stereocenters. The van der Waals surface area contributed by atoms with Gasteiger partial charge in [0.05, 0.1) is 27.8 Å². The zero-order valence-corrected chi connectivity index (χ0v) is 22.1. The largest absolute Gasteiger partial charge is 0.317 e. The predicted molar refractivity (Wildman–Crippen MR) is 171 cm³/mol. The predicted octanol–water partition coefficient (Wildman–Crippen LogP) is 9.40. The first-order valence-electron chi connectivity index (χ1n) is 13.9. The van der Waals surface area contributed by atoms with E-state index in [1.54, 1.807) is 0 Å². The molecule has 3 heterocycles. The van der Waals surface area contributed by atoms with Crippen molar-refractivity contribution in [3.05, 3.63) is 145 Å². The topological polar surface area (TPSA) is 26.0 Å². The van der Waals surface area contributed by atoms with Gasteiger partial charge in [0.2, 0.25) is 5.95 Å². The number of fused-ring (bicyclic) bond motifs is 5. The second kappa shape index (κ2) is 8.44. The van der Waals surface area contributed by atoms with Crippen molar-refractivity contribution in [1.82, 2.24) is 14.1 Å². The molecule has 2 aromatic heterocycles. The third-order valence-corrected chi connectivity index (χ3v) is 8.26. The molecule has 0 fully saturated rings. The van der Waals surface area contributed by atoms with Crippen molar-refractivity contribution in [2.75, 3.05) is 4.90 Å². The van der Waals surface area contributed by atoms with Crippen LogP contribution in [0.2, 0.25) is 0 Å². The summed E-state index contributed by atoms with van der Waals surface area (Å²) >= 11 is 0. The standard InChI is InChI=1S/C37H24N4/c1-3-13-26(14-4-1)39-23-22-29-35-25(12-11-21-33(35)39)24-34-36(29)28-17-7-9-19-31(28)41(34)37-38-30-18-8-10-20-32(30)40(37)27-15-5-2-6-16-27/h1-24H. The number of benzene rings is 6. The quantitative estimate of drug-likeness (QED) is 0.230. The van der Waals surface area contributed by atoms with E-state index in [0.29, 0.717) is 0 Å². The lowest BCUT2D eigenvalue weighted by Gasteiger charge is -2.27. The van der Waals surface area contributed by atoms with Crippen LogP contribution in [0.5, 0.6) is 0 Å². The number of hydrogen-bond donors (Lipinski definition) is 0. The van der Waals surface area contributed by atoms with E-state index in [0.717, 1.165) is 39.4 Å². The monoisotopic (exact) mass is 524 g/mol. The lowest BCUT2D eigenvalue weighted by atomic mass is 9.94. The van der Waals surface area contributed by atoms with Gasteiger partial charge in [-0.2, -0.15) is 0 Å². The van der Waals surface area contributed by atoms with Crippen molar-refractivity contribution in [3.63, 3.8) is 0 Å². The summed E-state index contributed by atoms with van der Waals surface area (Å²) in [5, 5.41) is 4.95. The molecule has 0 aliphatic carbocycles. The van der Waals surface area contributed by atoms with Gasteiger partial charge in [-0.15, -0.1) is 0 Å². The van der Waals surface area contributed by atoms with E-state index < -0.39 is 0 Å². The van der Waals surface area contributed by atoms with Gasteiger partial charge < -0.3 is 4.90 Å². The van der Waals surface area contributed by atoms with Crippen molar-refractivity contribution in [3.8, 4) is 11.6 Å². The fourth-order valence-corrected chi connectivity index (χ4v) is 6.54. The maximum Gasteiger partial charge on any atom is 0.220 e. The lowest BCUT2D eigenvalue weighted by Crippen LogP contribution is -2.12. The molecular weight excluding hydrogens is 500 g/mol. The molecule has 0 bridgehead atoms. The highest BCUT2D eigenvalue weighted by Crippen LogP contribution is 2.45. The molecule has 41 heavy (non-hydrogen) atoms. The highest BCUT2D eigenvalue weighted by atomic mass is 15.2. The van der Waals surface area contributed by atoms with Gasteiger partial charge >= 0.3 is 0 Å². The maximum absolute atomic E-state index is 5.25. The van der Waals surface area contributed by atoms with Crippen molar-refractivity contribution in [2.24, 2.45) is 0 Å². The Hall–Kier alpha value is -5.61. The summed E-state index contributed by atoms with van der Waals surface area (Å²) in [7, 11) is 0. The van der Waals surface area contributed by atoms with Crippen LogP contribution in [-0.4, -0.2) is 14.1 Å². The van der Waals surface area contributed by atoms with E-state index in [9.17, 15) is 0 Å². The molecule has 192 valence electrons. The highest BCUT2D eigenvalue weighted by molar-refractivity contribution is 6.22. The fourth-order valence-electron chi connectivity index (χ4n) is 6.54. The van der Waals surface area contributed by atoms with Gasteiger partial charge in [0, 0.05) is 33.7 Å². The first-order valence-corrected chi connectivity index (χ1v) is 13.9. The average molecular weight is 525 g/mol. The Kier molecular flexibility index (Phi) is 4.58. The molecule has 6 aromatic carbocycles. The van der Waals surface area contributed by atoms with Crippen LogP contribution in [0.25, 0.3) is 61.3 Å². The Balaban J connectivity index is 1.42. The van der Waals surface area contributed by atoms with E-state index >= 15 is 0 Å². The number of para-hydroxylation sites is 5. The minimum Gasteiger partial charge on any atom is -0.317 e. The van der Waals surface area contributed by atoms with Crippen LogP contribution in [0.4, 0.5) is 11.4 Å². The SMILES string of the molecule is C1=CN(c2ccccc2)c2cccc3cc4c(c1c23)c1ccccc1n4-c1nc2ccccc2n1-c1ccccc1. The summed E-state index contributed by atoms with van der Waals surface area (Å²) < 4.78 is 4.62. The Labute approximate surface area is 236 Å². The van der Waals surface area contributed by atoms with Gasteiger partial charge in [0.15, 0.2) is 0 Å². The molecule has 0 amide bonds. The van der Waals surface area contributed by atoms with Crippen LogP contribution in [-0.2, 0) is 0 Å². The number of hydrogen-bond acceptors (Lipinski definition) is 2. The number of rotatable bonds is 3. The summed E-state index contributed by atoms with van der Waals surface area (Å²) in [5.41, 5.74) is 9.03. The molecule has 8 aromatic rings. The third kappa shape index (κ3) is 3.13. The smallest absolute Gasteiger partial charge is 0.220 e. The minimum absolute atomic E-state index is 0.886. The van der Waals surface area contributed by atoms with Crippen molar-refractivity contribution in [2.45, 2.75) is 0 Å². The van der Waals surface area contributed by atoms with E-state index in [1.807, 2.05) is 0 Å². The van der Waals surface area contributed by atoms with Crippen LogP contribution in [0.15, 0.2) is 140 Å². The second-order valence-corrected chi connectivity index (χ2v) is 10.5. The zero-order chi connectivity index (χ0) is 26.9. The van der Waals surface area contributed by atoms with E-state index in [-0.39, 0.29) is 0 Å². The summed E-state index contributed by atoms with van der Waals surface area (Å²) in [4.78, 5) is 7.54. The molecule has 9 rings (SSSR count). The van der Waals surface area contributed by atoms with Crippen LogP contribution in [0.3, 0.4) is 0 Å². The Morgan fingerprint density at radius 2 is 1.22 bits per heavy atom. The van der Waals surface area contributed by atoms with Crippen molar-refractivity contribution < 1.29 is 0 Å². The van der Waals surface area contributed by atoms with Crippen LogP contribution in [0, 0.1) is 0 Å². The van der Waals surface area contributed by atoms with Crippen LogP contribution >= 0.6 is 0 Å². The van der Waals surface area contributed by atoms with Gasteiger partial charge in [-0.1, -0.05) is 78.9 Å². The maximum atomic E-state index is 5.25. The molecule has 0 saturated heterocycles. The van der Waals surface area contributed by atoms with E-state index in [2.05, 4.69) is 160 Å². The van der Waals surface area contributed by atoms with E-state index in [1.165, 1.54) is 32.8 Å². The van der Waals surface area contributed by atoms with Crippen molar-refractivity contribution >= 4 is 61.1 Å². The van der Waals surface area contributed by atoms with Gasteiger partial charge in [0.25, 0.3) is 0 Å². The molecule has 4 nitrogen and oxygen atoms in total. The van der Waals surface area contributed by atoms with Gasteiger partial charge in [0.1, 0.15) is 0 Å². The molecule has 4 heteroatoms. The van der Waals surface area contributed by atoms with Crippen molar-refractivity contribution in [1.29, 1.82) is 0 Å². The first-order chi connectivity index (χ1) is 20.4. The average Bonchev–Trinajstić information content (AvgIpc) is 3.57. The minimum atomic E-state index is 0.886. The zero-order valence-electron chi connectivity index (χ0n) is 22.1. The van der Waals surface area contributed by atoms with Gasteiger partial charge in [-0.05, 0) is 71.6 Å². The lowest BCUT2D eigenvalue weighted by molar-refractivity contribution is 0.956. The Bertz CT molecular complexity index is 2310. The third-order valence-electron chi connectivity index (χ3n) is 8.26. The summed E-state index contributed by atoms with van der Waals surface area (Å²) in [5.74, 6) is 0.886. The summed E-state index contributed by atoms with van der Waals surface area (Å²) in [6.07, 6.45) is 4.48. The second-order valence-electron chi connectivity index (χ2n) is 10.5. The molecule has 0 radical (unpaired) electrons. The molecule has 1 aliphatic heterocycles. The molecule has 0 spiro atoms. The molecule has 0 N–H and O–H groups in total. The van der Waals surface area contributed by atoms with Crippen LogP contribution in [0.1, 0.15) is 5.56 Å². The molecule has 1 aliphatic rings. The number of aromatic nitrogens is 3. The summed E-state index contributed by atoms with van der Waals surface area (Å²) in [6.45, 7) is 0. The molecule has 0 atom stereocenters. The van der Waals surface area contributed by atoms with Gasteiger partial charge in [-0.25, -0.2) is 4.98 Å². The number of nitrogens with zero attached hydrogens (tertiary/aromatic N) is 4. The van der Waals surface area contributed by atoms with Crippen LogP contribution < -0.4 is 4.90 Å². The van der Waals surface area contributed by atoms with Gasteiger partial charge in [-0.3, -0.25) is 9.13 Å². The number of anilines is 2. The normalized spacial score (nSPS) is 12.7. The summed E-state index contributed by atoms with van der Waals surface area (Å²) in [6, 6.07) is 47.2. The molecule has 0 saturated carbocycles. The first kappa shape index (κ1) is 22.2. The Morgan fingerprint density at radius 1 is 0.512 bits per heavy atom. The molecular formula is C37H24N4. The number of imidazole rings is 1. The highest BCUT2D eigenvalue weighted by Gasteiger charge is 2.25. The Morgan fingerprint density at radius 3 is 2.05 bits per heavy atom. The van der Waals surface area contributed by atoms with E-state index in [4.69, 9.17) is 4.98 Å².